The molecule has 1 saturated heterocycles. The molecule has 1 fully saturated rings. The van der Waals surface area contributed by atoms with Gasteiger partial charge >= 0.3 is 0 Å². The van der Waals surface area contributed by atoms with E-state index in [2.05, 4.69) is 24.3 Å². The number of thioether (sulfide) groups is 2. The van der Waals surface area contributed by atoms with Crippen LogP contribution in [0.1, 0.15) is 17.9 Å². The van der Waals surface area contributed by atoms with Gasteiger partial charge in [-0.15, -0.1) is 11.8 Å². The molecule has 1 nitrogen and oxygen atoms in total. The Morgan fingerprint density at radius 1 is 1.19 bits per heavy atom. The molecular formula is C13H16OS2. The first-order valence-electron chi connectivity index (χ1n) is 5.82. The van der Waals surface area contributed by atoms with E-state index in [1.165, 1.54) is 16.2 Å². The molecule has 3 unspecified atom stereocenters. The van der Waals surface area contributed by atoms with Crippen LogP contribution in [-0.2, 0) is 0 Å². The van der Waals surface area contributed by atoms with Crippen molar-refractivity contribution >= 4 is 23.5 Å². The molecule has 2 aliphatic rings. The lowest BCUT2D eigenvalue weighted by Gasteiger charge is -2.18. The summed E-state index contributed by atoms with van der Waals surface area (Å²) in [4.78, 5) is 1.45. The molecule has 86 valence electrons. The number of fused-ring (bicyclic) bond motifs is 1. The quantitative estimate of drug-likeness (QED) is 0.874. The number of benzene rings is 1. The summed E-state index contributed by atoms with van der Waals surface area (Å²) in [7, 11) is 0. The molecule has 0 aliphatic carbocycles. The smallest absolute Gasteiger partial charge is 0.0666 e. The van der Waals surface area contributed by atoms with Gasteiger partial charge in [-0.2, -0.15) is 11.8 Å². The highest BCUT2D eigenvalue weighted by molar-refractivity contribution is 7.99. The molecule has 3 heteroatoms. The maximum Gasteiger partial charge on any atom is 0.0666 e. The van der Waals surface area contributed by atoms with Crippen molar-refractivity contribution in [1.29, 1.82) is 0 Å². The molecule has 16 heavy (non-hydrogen) atoms. The van der Waals surface area contributed by atoms with Crippen molar-refractivity contribution in [3.8, 4) is 0 Å². The topological polar surface area (TPSA) is 20.2 Å². The van der Waals surface area contributed by atoms with Gasteiger partial charge in [-0.25, -0.2) is 0 Å². The van der Waals surface area contributed by atoms with Crippen LogP contribution in [0.3, 0.4) is 0 Å². The average Bonchev–Trinajstić information content (AvgIpc) is 2.88. The van der Waals surface area contributed by atoms with Crippen molar-refractivity contribution in [2.24, 2.45) is 5.92 Å². The monoisotopic (exact) mass is 252 g/mol. The fourth-order valence-corrected chi connectivity index (χ4v) is 5.19. The minimum absolute atomic E-state index is 0.0669. The Kier molecular flexibility index (Phi) is 3.18. The summed E-state index contributed by atoms with van der Waals surface area (Å²) >= 11 is 3.87. The minimum Gasteiger partial charge on any atom is -0.392 e. The van der Waals surface area contributed by atoms with E-state index in [4.69, 9.17) is 0 Å². The van der Waals surface area contributed by atoms with Gasteiger partial charge in [0.25, 0.3) is 0 Å². The third-order valence-corrected chi connectivity index (χ3v) is 6.04. The maximum atomic E-state index is 9.87. The van der Waals surface area contributed by atoms with Gasteiger partial charge in [0.2, 0.25) is 0 Å². The third-order valence-electron chi connectivity index (χ3n) is 3.55. The van der Waals surface area contributed by atoms with Crippen LogP contribution in [0.5, 0.6) is 0 Å². The van der Waals surface area contributed by atoms with Gasteiger partial charge in [0.1, 0.15) is 0 Å². The van der Waals surface area contributed by atoms with Crippen molar-refractivity contribution < 1.29 is 5.11 Å². The first kappa shape index (κ1) is 11.0. The molecular weight excluding hydrogens is 236 g/mol. The lowest BCUT2D eigenvalue weighted by Crippen LogP contribution is -2.20. The van der Waals surface area contributed by atoms with Gasteiger partial charge in [0, 0.05) is 16.4 Å². The van der Waals surface area contributed by atoms with Gasteiger partial charge in [0.05, 0.1) is 6.10 Å². The van der Waals surface area contributed by atoms with Gasteiger partial charge in [0.15, 0.2) is 0 Å². The summed E-state index contributed by atoms with van der Waals surface area (Å²) in [6.45, 7) is 0. The summed E-state index contributed by atoms with van der Waals surface area (Å²) in [5, 5.41) is 9.87. The zero-order chi connectivity index (χ0) is 11.0. The van der Waals surface area contributed by atoms with Crippen molar-refractivity contribution in [3.05, 3.63) is 29.8 Å². The molecule has 1 aromatic carbocycles. The van der Waals surface area contributed by atoms with Crippen molar-refractivity contribution in [2.45, 2.75) is 23.3 Å². The molecule has 0 saturated carbocycles. The third kappa shape index (κ3) is 2.01. The summed E-state index contributed by atoms with van der Waals surface area (Å²) in [5.74, 6) is 4.46. The van der Waals surface area contributed by atoms with Gasteiger partial charge in [-0.3, -0.25) is 0 Å². The second-order valence-corrected chi connectivity index (χ2v) is 6.78. The molecule has 1 N–H and O–H groups in total. The zero-order valence-corrected chi connectivity index (χ0v) is 10.8. The molecule has 1 aromatic rings. The highest BCUT2D eigenvalue weighted by Crippen LogP contribution is 2.44. The molecule has 3 atom stereocenters. The van der Waals surface area contributed by atoms with Crippen LogP contribution in [0.25, 0.3) is 0 Å². The molecule has 0 spiro atoms. The lowest BCUT2D eigenvalue weighted by atomic mass is 9.89. The predicted octanol–water partition coefficient (Wildman–Crippen LogP) is 2.99. The Bertz CT molecular complexity index is 380. The van der Waals surface area contributed by atoms with Crippen LogP contribution >= 0.6 is 23.5 Å². The van der Waals surface area contributed by atoms with Crippen molar-refractivity contribution in [3.63, 3.8) is 0 Å². The Balaban J connectivity index is 1.73. The Morgan fingerprint density at radius 2 is 2.06 bits per heavy atom. The first-order chi connectivity index (χ1) is 7.84. The molecule has 0 bridgehead atoms. The number of rotatable bonds is 2. The van der Waals surface area contributed by atoms with Crippen LogP contribution in [-0.4, -0.2) is 28.5 Å². The summed E-state index contributed by atoms with van der Waals surface area (Å²) < 4.78 is 0. The lowest BCUT2D eigenvalue weighted by molar-refractivity contribution is 0.141. The van der Waals surface area contributed by atoms with Crippen LogP contribution in [0.4, 0.5) is 0 Å². The van der Waals surface area contributed by atoms with E-state index in [0.29, 0.717) is 11.8 Å². The van der Waals surface area contributed by atoms with E-state index in [0.717, 1.165) is 17.9 Å². The molecule has 0 amide bonds. The summed E-state index contributed by atoms with van der Waals surface area (Å²) in [5.41, 5.74) is 1.51. The zero-order valence-electron chi connectivity index (χ0n) is 9.13. The van der Waals surface area contributed by atoms with Gasteiger partial charge in [-0.05, 0) is 35.6 Å². The minimum atomic E-state index is -0.0669. The number of hydrogen-bond acceptors (Lipinski definition) is 3. The van der Waals surface area contributed by atoms with Crippen LogP contribution in [0.15, 0.2) is 29.2 Å². The predicted molar refractivity (Wildman–Crippen MR) is 71.3 cm³/mol. The highest BCUT2D eigenvalue weighted by Gasteiger charge is 2.31. The fourth-order valence-electron chi connectivity index (χ4n) is 2.60. The van der Waals surface area contributed by atoms with Crippen molar-refractivity contribution in [2.75, 3.05) is 17.3 Å². The van der Waals surface area contributed by atoms with Crippen LogP contribution in [0.2, 0.25) is 0 Å². The maximum absolute atomic E-state index is 9.87. The van der Waals surface area contributed by atoms with Crippen LogP contribution < -0.4 is 0 Å². The Hall–Kier alpha value is -0.120. The average molecular weight is 252 g/mol. The molecule has 0 radical (unpaired) electrons. The number of aliphatic hydroxyl groups excluding tert-OH is 1. The molecule has 2 aliphatic heterocycles. The fraction of sp³-hybridized carbons (Fsp3) is 0.538. The summed E-state index contributed by atoms with van der Waals surface area (Å²) in [6, 6.07) is 8.74. The van der Waals surface area contributed by atoms with E-state index in [1.54, 1.807) is 0 Å². The summed E-state index contributed by atoms with van der Waals surface area (Å²) in [6.07, 6.45) is 1.10. The van der Waals surface area contributed by atoms with E-state index < -0.39 is 0 Å². The normalized spacial score (nSPS) is 32.9. The number of hydrogen-bond donors (Lipinski definition) is 1. The Labute approximate surface area is 105 Å². The largest absolute Gasteiger partial charge is 0.392 e. The van der Waals surface area contributed by atoms with E-state index in [1.807, 2.05) is 23.5 Å². The molecule has 2 heterocycles. The first-order valence-corrected chi connectivity index (χ1v) is 7.96. The molecule has 0 aromatic heterocycles. The van der Waals surface area contributed by atoms with E-state index in [9.17, 15) is 5.11 Å². The second kappa shape index (κ2) is 4.63. The standard InChI is InChI=1S/C13H16OS2/c14-12-8-15-6-10(12)5-9-7-16-13-4-2-1-3-11(9)13/h1-4,9-10,12,14H,5-8H2. The molecule has 3 rings (SSSR count). The van der Waals surface area contributed by atoms with Gasteiger partial charge in [-0.1, -0.05) is 18.2 Å². The highest BCUT2D eigenvalue weighted by atomic mass is 32.2. The Morgan fingerprint density at radius 3 is 2.88 bits per heavy atom. The van der Waals surface area contributed by atoms with Crippen molar-refractivity contribution in [1.82, 2.24) is 0 Å². The SMILES string of the molecule is OC1CSCC1CC1CSc2ccccc21. The number of aliphatic hydroxyl groups is 1. The van der Waals surface area contributed by atoms with Crippen LogP contribution in [0, 0.1) is 5.92 Å². The second-order valence-electron chi connectivity index (χ2n) is 4.65. The van der Waals surface area contributed by atoms with Gasteiger partial charge < -0.3 is 5.11 Å². The van der Waals surface area contributed by atoms with E-state index >= 15 is 0 Å². The van der Waals surface area contributed by atoms with E-state index in [-0.39, 0.29) is 6.10 Å².